The topological polar surface area (TPSA) is 79.9 Å². The van der Waals surface area contributed by atoms with Gasteiger partial charge in [-0.1, -0.05) is 29.8 Å². The van der Waals surface area contributed by atoms with Crippen molar-refractivity contribution in [3.8, 4) is 0 Å². The van der Waals surface area contributed by atoms with Crippen LogP contribution < -0.4 is 11.1 Å². The van der Waals surface area contributed by atoms with Crippen LogP contribution in [-0.2, 0) is 10.3 Å². The van der Waals surface area contributed by atoms with Crippen LogP contribution >= 0.6 is 35.6 Å². The summed E-state index contributed by atoms with van der Waals surface area (Å²) in [5.41, 5.74) is 5.22. The minimum atomic E-state index is -1.17. The third-order valence-corrected chi connectivity index (χ3v) is 3.15. The number of halogens is 2. The predicted molar refractivity (Wildman–Crippen MR) is 97.4 cm³/mol. The third kappa shape index (κ3) is 6.82. The molecule has 0 bridgehead atoms. The van der Waals surface area contributed by atoms with Crippen LogP contribution in [0.4, 0.5) is 0 Å². The number of hydrogen-bond donors (Lipinski definition) is 3. The zero-order valence-corrected chi connectivity index (χ0v) is 15.6. The van der Waals surface area contributed by atoms with Crippen LogP contribution in [0.15, 0.2) is 29.3 Å². The average molecular weight is 428 g/mol. The molecular formula is C14H23ClIN3O2. The number of methoxy groups -OCH3 is 1. The second-order valence-corrected chi connectivity index (χ2v) is 5.36. The van der Waals surface area contributed by atoms with Crippen LogP contribution in [0.25, 0.3) is 0 Å². The molecule has 0 amide bonds. The third-order valence-electron chi connectivity index (χ3n) is 2.82. The van der Waals surface area contributed by atoms with E-state index in [2.05, 4.69) is 10.3 Å². The summed E-state index contributed by atoms with van der Waals surface area (Å²) < 4.78 is 5.00. The van der Waals surface area contributed by atoms with Crippen LogP contribution in [-0.4, -0.2) is 37.4 Å². The summed E-state index contributed by atoms with van der Waals surface area (Å²) in [6, 6.07) is 7.19. The Labute approximate surface area is 147 Å². The minimum Gasteiger partial charge on any atom is -0.383 e. The largest absolute Gasteiger partial charge is 0.383 e. The maximum atomic E-state index is 10.5. The highest BCUT2D eigenvalue weighted by Crippen LogP contribution is 2.27. The lowest BCUT2D eigenvalue weighted by molar-refractivity contribution is 0.0674. The zero-order chi connectivity index (χ0) is 15.2. The second kappa shape index (κ2) is 9.45. The van der Waals surface area contributed by atoms with Crippen LogP contribution in [0, 0.1) is 0 Å². The van der Waals surface area contributed by atoms with Gasteiger partial charge in [-0.3, -0.25) is 4.99 Å². The lowest BCUT2D eigenvalue weighted by Gasteiger charge is -2.23. The molecule has 0 heterocycles. The smallest absolute Gasteiger partial charge is 0.188 e. The van der Waals surface area contributed by atoms with Crippen molar-refractivity contribution in [3.05, 3.63) is 34.9 Å². The Kier molecular flexibility index (Phi) is 9.19. The molecule has 2 atom stereocenters. The van der Waals surface area contributed by atoms with Gasteiger partial charge in [0.05, 0.1) is 13.2 Å². The van der Waals surface area contributed by atoms with Crippen molar-refractivity contribution in [3.63, 3.8) is 0 Å². The van der Waals surface area contributed by atoms with Gasteiger partial charge in [-0.05, 0) is 19.9 Å². The molecule has 120 valence electrons. The number of aliphatic hydroxyl groups is 1. The van der Waals surface area contributed by atoms with E-state index >= 15 is 0 Å². The summed E-state index contributed by atoms with van der Waals surface area (Å²) >= 11 is 6.08. The Bertz CT molecular complexity index is 469. The first-order chi connectivity index (χ1) is 9.36. The Hall–Kier alpha value is -0.570. The van der Waals surface area contributed by atoms with E-state index in [1.807, 2.05) is 19.1 Å². The minimum absolute atomic E-state index is 0. The van der Waals surface area contributed by atoms with Crippen LogP contribution in [0.2, 0.25) is 5.02 Å². The van der Waals surface area contributed by atoms with Crippen molar-refractivity contribution >= 4 is 41.5 Å². The summed E-state index contributed by atoms with van der Waals surface area (Å²) in [4.78, 5) is 4.15. The predicted octanol–water partition coefficient (Wildman–Crippen LogP) is 2.10. The Morgan fingerprint density at radius 3 is 2.71 bits per heavy atom. The summed E-state index contributed by atoms with van der Waals surface area (Å²) in [7, 11) is 1.62. The van der Waals surface area contributed by atoms with E-state index in [4.69, 9.17) is 22.1 Å². The maximum absolute atomic E-state index is 10.5. The van der Waals surface area contributed by atoms with Gasteiger partial charge in [0, 0.05) is 23.7 Å². The highest BCUT2D eigenvalue weighted by atomic mass is 127. The van der Waals surface area contributed by atoms with Gasteiger partial charge >= 0.3 is 0 Å². The molecule has 2 unspecified atom stereocenters. The molecule has 0 saturated carbocycles. The van der Waals surface area contributed by atoms with E-state index < -0.39 is 5.60 Å². The molecule has 7 heteroatoms. The normalized spacial score (nSPS) is 15.8. The number of guanidine groups is 1. The maximum Gasteiger partial charge on any atom is 0.188 e. The van der Waals surface area contributed by atoms with E-state index in [1.54, 1.807) is 26.2 Å². The fraction of sp³-hybridized carbons (Fsp3) is 0.500. The molecule has 0 fully saturated rings. The number of ether oxygens (including phenoxy) is 1. The average Bonchev–Trinajstić information content (AvgIpc) is 2.37. The van der Waals surface area contributed by atoms with Crippen LogP contribution in [0.3, 0.4) is 0 Å². The summed E-state index contributed by atoms with van der Waals surface area (Å²) in [5.74, 6) is 0.266. The fourth-order valence-electron chi connectivity index (χ4n) is 1.81. The van der Waals surface area contributed by atoms with Crippen molar-refractivity contribution in [1.82, 2.24) is 5.32 Å². The van der Waals surface area contributed by atoms with Crippen LogP contribution in [0.5, 0.6) is 0 Å². The van der Waals surface area contributed by atoms with Crippen molar-refractivity contribution in [2.24, 2.45) is 10.7 Å². The van der Waals surface area contributed by atoms with Crippen molar-refractivity contribution in [2.75, 3.05) is 20.3 Å². The first-order valence-corrected chi connectivity index (χ1v) is 6.77. The molecule has 0 aromatic heterocycles. The Balaban J connectivity index is 0.00000400. The molecule has 21 heavy (non-hydrogen) atoms. The molecule has 4 N–H and O–H groups in total. The SMILES string of the molecule is COCC(C)NC(N)=NCC(C)(O)c1ccccc1Cl.I. The number of nitrogens with one attached hydrogen (secondary N) is 1. The monoisotopic (exact) mass is 427 g/mol. The number of hydrogen-bond acceptors (Lipinski definition) is 3. The fourth-order valence-corrected chi connectivity index (χ4v) is 2.15. The van der Waals surface area contributed by atoms with Crippen molar-refractivity contribution < 1.29 is 9.84 Å². The van der Waals surface area contributed by atoms with Crippen LogP contribution in [0.1, 0.15) is 19.4 Å². The highest BCUT2D eigenvalue weighted by molar-refractivity contribution is 14.0. The number of nitrogens with zero attached hydrogens (tertiary/aromatic N) is 1. The first kappa shape index (κ1) is 20.4. The van der Waals surface area contributed by atoms with Gasteiger partial charge in [0.25, 0.3) is 0 Å². The lowest BCUT2D eigenvalue weighted by atomic mass is 9.96. The lowest BCUT2D eigenvalue weighted by Crippen LogP contribution is -2.41. The standard InChI is InChI=1S/C14H22ClN3O2.HI/c1-10(8-20-3)18-13(16)17-9-14(2,19)11-6-4-5-7-12(11)15;/h4-7,10,19H,8-9H2,1-3H3,(H3,16,17,18);1H. The van der Waals surface area contributed by atoms with Gasteiger partial charge in [-0.2, -0.15) is 0 Å². The van der Waals surface area contributed by atoms with Gasteiger partial charge < -0.3 is 20.9 Å². The van der Waals surface area contributed by atoms with E-state index in [-0.39, 0.29) is 42.5 Å². The zero-order valence-electron chi connectivity index (χ0n) is 12.5. The molecule has 0 radical (unpaired) electrons. The molecule has 0 aliphatic heterocycles. The molecule has 1 aromatic carbocycles. The molecule has 0 aliphatic carbocycles. The van der Waals surface area contributed by atoms with E-state index in [0.29, 0.717) is 17.2 Å². The number of rotatable bonds is 6. The van der Waals surface area contributed by atoms with Gasteiger partial charge in [-0.15, -0.1) is 24.0 Å². The number of benzene rings is 1. The van der Waals surface area contributed by atoms with Gasteiger partial charge in [0.2, 0.25) is 0 Å². The van der Waals surface area contributed by atoms with Gasteiger partial charge in [-0.25, -0.2) is 0 Å². The Morgan fingerprint density at radius 2 is 2.14 bits per heavy atom. The first-order valence-electron chi connectivity index (χ1n) is 6.39. The summed E-state index contributed by atoms with van der Waals surface area (Å²) in [6.07, 6.45) is 0. The van der Waals surface area contributed by atoms with E-state index in [0.717, 1.165) is 0 Å². The molecule has 0 aliphatic rings. The van der Waals surface area contributed by atoms with E-state index in [1.165, 1.54) is 0 Å². The second-order valence-electron chi connectivity index (χ2n) is 4.96. The van der Waals surface area contributed by atoms with Crippen molar-refractivity contribution in [2.45, 2.75) is 25.5 Å². The van der Waals surface area contributed by atoms with Crippen molar-refractivity contribution in [1.29, 1.82) is 0 Å². The molecule has 1 aromatic rings. The number of nitrogens with two attached hydrogens (primary N) is 1. The molecular weight excluding hydrogens is 405 g/mol. The van der Waals surface area contributed by atoms with Gasteiger partial charge in [0.15, 0.2) is 5.96 Å². The highest BCUT2D eigenvalue weighted by Gasteiger charge is 2.25. The molecule has 0 spiro atoms. The Morgan fingerprint density at radius 1 is 1.52 bits per heavy atom. The molecule has 1 rings (SSSR count). The van der Waals surface area contributed by atoms with Gasteiger partial charge in [0.1, 0.15) is 5.60 Å². The summed E-state index contributed by atoms with van der Waals surface area (Å²) in [5, 5.41) is 13.9. The molecule has 0 saturated heterocycles. The quantitative estimate of drug-likeness (QED) is 0.369. The molecule has 5 nitrogen and oxygen atoms in total. The number of aliphatic imine (C=N–C) groups is 1. The summed E-state index contributed by atoms with van der Waals surface area (Å²) in [6.45, 7) is 4.23. The van der Waals surface area contributed by atoms with E-state index in [9.17, 15) is 5.11 Å².